The van der Waals surface area contributed by atoms with Gasteiger partial charge in [0.15, 0.2) is 5.60 Å². The molecule has 0 aromatic rings. The van der Waals surface area contributed by atoms with Crippen LogP contribution >= 0.6 is 0 Å². The molecule has 1 aliphatic heterocycles. The first-order valence-corrected chi connectivity index (χ1v) is 4.92. The molecule has 4 N–H and O–H groups in total. The second kappa shape index (κ2) is 4.03. The molecule has 7 nitrogen and oxygen atoms in total. The lowest BCUT2D eigenvalue weighted by Crippen LogP contribution is -2.38. The molecule has 0 bridgehead atoms. The summed E-state index contributed by atoms with van der Waals surface area (Å²) in [7, 11) is 0. The van der Waals surface area contributed by atoms with E-state index in [1.165, 1.54) is 6.42 Å². The van der Waals surface area contributed by atoms with Gasteiger partial charge in [-0.05, 0) is 30.7 Å². The first-order chi connectivity index (χ1) is 7.23. The minimum atomic E-state index is -0.586. The monoisotopic (exact) mass is 214 g/mol. The summed E-state index contributed by atoms with van der Waals surface area (Å²) in [5, 5.41) is 11.8. The van der Waals surface area contributed by atoms with Gasteiger partial charge in [-0.25, -0.2) is 0 Å². The minimum Gasteiger partial charge on any atom is -0.369 e. The van der Waals surface area contributed by atoms with Gasteiger partial charge in [0, 0.05) is 0 Å². The Balaban J connectivity index is 2.16. The fourth-order valence-electron chi connectivity index (χ4n) is 1.86. The molecule has 2 aliphatic rings. The van der Waals surface area contributed by atoms with Crippen molar-refractivity contribution in [3.8, 4) is 0 Å². The number of hydrogen-bond donors (Lipinski definition) is 2. The molecule has 0 atom stereocenters. The van der Waals surface area contributed by atoms with Gasteiger partial charge >= 0.3 is 0 Å². The molecule has 1 saturated carbocycles. The molecule has 1 aliphatic carbocycles. The van der Waals surface area contributed by atoms with Crippen LogP contribution in [0.15, 0.2) is 10.2 Å². The predicted molar refractivity (Wildman–Crippen MR) is 52.3 cm³/mol. The normalized spacial score (nSPS) is 26.5. The smallest absolute Gasteiger partial charge is 0.290 e. The van der Waals surface area contributed by atoms with E-state index < -0.39 is 5.60 Å². The zero-order chi connectivity index (χ0) is 10.7. The summed E-state index contributed by atoms with van der Waals surface area (Å²) < 4.78 is 0. The Labute approximate surface area is 86.9 Å². The fourth-order valence-corrected chi connectivity index (χ4v) is 1.86. The maximum Gasteiger partial charge on any atom is 0.290 e. The summed E-state index contributed by atoms with van der Waals surface area (Å²) in [6.45, 7) is 0. The van der Waals surface area contributed by atoms with Crippen molar-refractivity contribution in [2.75, 3.05) is 0 Å². The van der Waals surface area contributed by atoms with Crippen molar-refractivity contribution in [3.63, 3.8) is 0 Å². The van der Waals surface area contributed by atoms with Crippen LogP contribution < -0.4 is 11.5 Å². The molecule has 0 amide bonds. The number of rotatable bonds is 1. The van der Waals surface area contributed by atoms with Crippen LogP contribution in [0.3, 0.4) is 0 Å². The van der Waals surface area contributed by atoms with E-state index in [1.54, 1.807) is 0 Å². The molecular weight excluding hydrogens is 200 g/mol. The van der Waals surface area contributed by atoms with Gasteiger partial charge in [-0.15, -0.1) is 10.2 Å². The largest absolute Gasteiger partial charge is 0.369 e. The van der Waals surface area contributed by atoms with Crippen LogP contribution in [0.2, 0.25) is 0 Å². The van der Waals surface area contributed by atoms with E-state index in [0.29, 0.717) is 5.90 Å². The van der Waals surface area contributed by atoms with Gasteiger partial charge in [0.2, 0.25) is 5.96 Å². The number of nitrogens with zero attached hydrogens (tertiary/aromatic N) is 2. The molecule has 0 radical (unpaired) electrons. The molecular formula is C8H14N4O3. The molecule has 1 saturated heterocycles. The minimum absolute atomic E-state index is 0.121. The van der Waals surface area contributed by atoms with E-state index in [4.69, 9.17) is 21.2 Å². The second-order valence-electron chi connectivity index (χ2n) is 3.72. The number of nitrogens with two attached hydrogens (primary N) is 2. The van der Waals surface area contributed by atoms with Crippen LogP contribution in [-0.4, -0.2) is 17.5 Å². The van der Waals surface area contributed by atoms with Gasteiger partial charge in [-0.3, -0.25) is 4.89 Å². The van der Waals surface area contributed by atoms with Crippen LogP contribution in [-0.2, 0) is 14.8 Å². The summed E-state index contributed by atoms with van der Waals surface area (Å²) in [5.74, 6) is 0.180. The Morgan fingerprint density at radius 1 is 1.20 bits per heavy atom. The van der Waals surface area contributed by atoms with E-state index in [1.807, 2.05) is 0 Å². The van der Waals surface area contributed by atoms with Gasteiger partial charge < -0.3 is 11.5 Å². The van der Waals surface area contributed by atoms with Crippen molar-refractivity contribution in [1.82, 2.24) is 0 Å². The van der Waals surface area contributed by atoms with Crippen LogP contribution in [0, 0.1) is 0 Å². The highest BCUT2D eigenvalue weighted by Gasteiger charge is 2.48. The Morgan fingerprint density at radius 3 is 2.60 bits per heavy atom. The lowest BCUT2D eigenvalue weighted by molar-refractivity contribution is -0.463. The van der Waals surface area contributed by atoms with Crippen LogP contribution in [0.1, 0.15) is 32.1 Å². The quantitative estimate of drug-likeness (QED) is 0.280. The summed E-state index contributed by atoms with van der Waals surface area (Å²) in [4.78, 5) is 9.93. The third-order valence-electron chi connectivity index (χ3n) is 2.61. The van der Waals surface area contributed by atoms with E-state index in [2.05, 4.69) is 15.2 Å². The van der Waals surface area contributed by atoms with Crippen LogP contribution in [0.25, 0.3) is 0 Å². The maximum atomic E-state index is 5.17. The SMILES string of the molecule is NC(N)=NN=C1OOOC12CCCCC2. The number of hydrogen-bond acceptors (Lipinski definition) is 5. The van der Waals surface area contributed by atoms with E-state index in [9.17, 15) is 0 Å². The summed E-state index contributed by atoms with van der Waals surface area (Å²) >= 11 is 0. The topological polar surface area (TPSA) is 104 Å². The Kier molecular flexibility index (Phi) is 2.74. The Morgan fingerprint density at radius 2 is 1.93 bits per heavy atom. The fraction of sp³-hybridized carbons (Fsp3) is 0.750. The molecule has 0 unspecified atom stereocenters. The van der Waals surface area contributed by atoms with E-state index in [-0.39, 0.29) is 5.96 Å². The molecule has 1 spiro atoms. The number of guanidine groups is 1. The van der Waals surface area contributed by atoms with Crippen molar-refractivity contribution < 1.29 is 14.8 Å². The molecule has 2 rings (SSSR count). The average molecular weight is 214 g/mol. The standard InChI is InChI=1S/C8H14N4O3/c9-7(10)12-11-6-8(14-15-13-6)4-2-1-3-5-8/h1-5H2,(H4,9,10,12). The lowest BCUT2D eigenvalue weighted by Gasteiger charge is -2.26. The summed E-state index contributed by atoms with van der Waals surface area (Å²) in [6.07, 6.45) is 4.90. The van der Waals surface area contributed by atoms with Gasteiger partial charge in [0.1, 0.15) is 0 Å². The zero-order valence-corrected chi connectivity index (χ0v) is 8.31. The second-order valence-corrected chi connectivity index (χ2v) is 3.72. The van der Waals surface area contributed by atoms with Crippen molar-refractivity contribution >= 4 is 11.9 Å². The van der Waals surface area contributed by atoms with Crippen molar-refractivity contribution in [3.05, 3.63) is 0 Å². The zero-order valence-electron chi connectivity index (χ0n) is 8.31. The Bertz CT molecular complexity index is 292. The van der Waals surface area contributed by atoms with Gasteiger partial charge in [0.25, 0.3) is 5.90 Å². The van der Waals surface area contributed by atoms with Gasteiger partial charge in [-0.2, -0.15) is 4.89 Å². The molecule has 0 aromatic heterocycles. The molecule has 1 heterocycles. The average Bonchev–Trinajstić information content (AvgIpc) is 2.59. The third-order valence-corrected chi connectivity index (χ3v) is 2.61. The van der Waals surface area contributed by atoms with Gasteiger partial charge in [-0.1, -0.05) is 6.42 Å². The predicted octanol–water partition coefficient (Wildman–Crippen LogP) is 0.170. The molecule has 84 valence electrons. The van der Waals surface area contributed by atoms with E-state index >= 15 is 0 Å². The molecule has 0 aromatic carbocycles. The molecule has 2 fully saturated rings. The van der Waals surface area contributed by atoms with Crippen LogP contribution in [0.5, 0.6) is 0 Å². The first-order valence-electron chi connectivity index (χ1n) is 4.92. The summed E-state index contributed by atoms with van der Waals surface area (Å²) in [5.41, 5.74) is 9.76. The highest BCUT2D eigenvalue weighted by Crippen LogP contribution is 2.37. The van der Waals surface area contributed by atoms with Gasteiger partial charge in [0.05, 0.1) is 0 Å². The maximum absolute atomic E-state index is 5.17. The lowest BCUT2D eigenvalue weighted by atomic mass is 9.85. The highest BCUT2D eigenvalue weighted by molar-refractivity contribution is 5.86. The van der Waals surface area contributed by atoms with E-state index in [0.717, 1.165) is 25.7 Å². The summed E-state index contributed by atoms with van der Waals surface area (Å²) in [6, 6.07) is 0. The van der Waals surface area contributed by atoms with Crippen molar-refractivity contribution in [2.45, 2.75) is 37.7 Å². The molecule has 7 heteroatoms. The third kappa shape index (κ3) is 2.02. The molecule has 15 heavy (non-hydrogen) atoms. The van der Waals surface area contributed by atoms with Crippen molar-refractivity contribution in [2.24, 2.45) is 21.7 Å². The highest BCUT2D eigenvalue weighted by atomic mass is 17.5. The van der Waals surface area contributed by atoms with Crippen LogP contribution in [0.4, 0.5) is 0 Å². The Hall–Kier alpha value is -1.34. The van der Waals surface area contributed by atoms with Crippen molar-refractivity contribution in [1.29, 1.82) is 0 Å². The first kappa shape index (κ1) is 10.2.